The summed E-state index contributed by atoms with van der Waals surface area (Å²) in [5, 5.41) is 3.34. The summed E-state index contributed by atoms with van der Waals surface area (Å²) in [6, 6.07) is 0. The van der Waals surface area contributed by atoms with Crippen molar-refractivity contribution in [2.24, 2.45) is 5.92 Å². The largest absolute Gasteiger partial charge is 0.449 e. The molecule has 1 aromatic heterocycles. The van der Waals surface area contributed by atoms with Crippen molar-refractivity contribution in [2.45, 2.75) is 26.2 Å². The number of aryl methyl sites for hydroxylation is 1. The van der Waals surface area contributed by atoms with Crippen molar-refractivity contribution in [3.05, 3.63) is 17.8 Å². The highest BCUT2D eigenvalue weighted by molar-refractivity contribution is 4.97. The molecule has 0 bridgehead atoms. The van der Waals surface area contributed by atoms with Crippen LogP contribution in [0.2, 0.25) is 0 Å². The van der Waals surface area contributed by atoms with E-state index in [-0.39, 0.29) is 0 Å². The van der Waals surface area contributed by atoms with Crippen molar-refractivity contribution in [1.82, 2.24) is 10.3 Å². The zero-order chi connectivity index (χ0) is 9.10. The molecular formula is C10H16N2O. The van der Waals surface area contributed by atoms with Crippen LogP contribution in [0.25, 0.3) is 0 Å². The molecule has 1 aliphatic rings. The van der Waals surface area contributed by atoms with Crippen LogP contribution in [-0.2, 0) is 12.8 Å². The van der Waals surface area contributed by atoms with E-state index in [0.29, 0.717) is 0 Å². The number of aromatic nitrogens is 1. The quantitative estimate of drug-likeness (QED) is 0.763. The average Bonchev–Trinajstić information content (AvgIpc) is 2.76. The van der Waals surface area contributed by atoms with Crippen molar-refractivity contribution in [1.29, 1.82) is 0 Å². The standard InChI is InChI=1S/C10H16N2O/c1-2-9-7-13-10(12-9)5-8-3-4-11-6-8/h7-8,11H,2-6H2,1H3. The molecule has 3 heteroatoms. The first-order chi connectivity index (χ1) is 6.38. The Morgan fingerprint density at radius 3 is 3.23 bits per heavy atom. The number of nitrogens with zero attached hydrogens (tertiary/aromatic N) is 1. The second kappa shape index (κ2) is 3.92. The fourth-order valence-corrected chi connectivity index (χ4v) is 1.74. The van der Waals surface area contributed by atoms with Crippen LogP contribution in [0.3, 0.4) is 0 Å². The molecule has 1 N–H and O–H groups in total. The van der Waals surface area contributed by atoms with Crippen LogP contribution >= 0.6 is 0 Å². The van der Waals surface area contributed by atoms with Gasteiger partial charge < -0.3 is 9.73 Å². The molecule has 2 rings (SSSR count). The van der Waals surface area contributed by atoms with Gasteiger partial charge in [-0.15, -0.1) is 0 Å². The van der Waals surface area contributed by atoms with Gasteiger partial charge in [0, 0.05) is 6.42 Å². The minimum absolute atomic E-state index is 0.725. The third-order valence-electron chi connectivity index (χ3n) is 2.59. The van der Waals surface area contributed by atoms with Crippen LogP contribution < -0.4 is 5.32 Å². The van der Waals surface area contributed by atoms with Crippen molar-refractivity contribution < 1.29 is 4.42 Å². The summed E-state index contributed by atoms with van der Waals surface area (Å²) in [5.74, 6) is 1.63. The van der Waals surface area contributed by atoms with Crippen molar-refractivity contribution >= 4 is 0 Å². The van der Waals surface area contributed by atoms with Gasteiger partial charge in [-0.25, -0.2) is 4.98 Å². The topological polar surface area (TPSA) is 38.1 Å². The summed E-state index contributed by atoms with van der Waals surface area (Å²) < 4.78 is 5.38. The first-order valence-electron chi connectivity index (χ1n) is 5.02. The van der Waals surface area contributed by atoms with Gasteiger partial charge in [0.2, 0.25) is 0 Å². The maximum Gasteiger partial charge on any atom is 0.194 e. The van der Waals surface area contributed by atoms with Crippen LogP contribution in [0.1, 0.15) is 24.9 Å². The maximum absolute atomic E-state index is 5.38. The second-order valence-electron chi connectivity index (χ2n) is 3.65. The van der Waals surface area contributed by atoms with Gasteiger partial charge in [-0.3, -0.25) is 0 Å². The lowest BCUT2D eigenvalue weighted by atomic mass is 10.1. The third kappa shape index (κ3) is 2.10. The van der Waals surface area contributed by atoms with Crippen LogP contribution in [0, 0.1) is 5.92 Å². The highest BCUT2D eigenvalue weighted by atomic mass is 16.3. The Morgan fingerprint density at radius 2 is 2.62 bits per heavy atom. The molecular weight excluding hydrogens is 164 g/mol. The van der Waals surface area contributed by atoms with E-state index >= 15 is 0 Å². The van der Waals surface area contributed by atoms with Crippen molar-refractivity contribution in [3.8, 4) is 0 Å². The molecule has 1 unspecified atom stereocenters. The zero-order valence-electron chi connectivity index (χ0n) is 8.05. The van der Waals surface area contributed by atoms with E-state index in [1.165, 1.54) is 6.42 Å². The molecule has 0 spiro atoms. The summed E-state index contributed by atoms with van der Waals surface area (Å²) in [4.78, 5) is 4.40. The Balaban J connectivity index is 1.92. The predicted molar refractivity (Wildman–Crippen MR) is 50.6 cm³/mol. The van der Waals surface area contributed by atoms with E-state index in [2.05, 4.69) is 17.2 Å². The second-order valence-corrected chi connectivity index (χ2v) is 3.65. The summed E-state index contributed by atoms with van der Waals surface area (Å²) in [6.07, 6.45) is 4.99. The lowest BCUT2D eigenvalue weighted by Crippen LogP contribution is -2.10. The highest BCUT2D eigenvalue weighted by Crippen LogP contribution is 2.14. The van der Waals surface area contributed by atoms with Gasteiger partial charge in [-0.05, 0) is 31.8 Å². The minimum atomic E-state index is 0.725. The Kier molecular flexibility index (Phi) is 2.64. The minimum Gasteiger partial charge on any atom is -0.449 e. The number of nitrogens with one attached hydrogen (secondary N) is 1. The molecule has 72 valence electrons. The van der Waals surface area contributed by atoms with Crippen molar-refractivity contribution in [3.63, 3.8) is 0 Å². The number of hydrogen-bond acceptors (Lipinski definition) is 3. The lowest BCUT2D eigenvalue weighted by Gasteiger charge is -2.02. The fraction of sp³-hybridized carbons (Fsp3) is 0.700. The van der Waals surface area contributed by atoms with Gasteiger partial charge in [0.05, 0.1) is 5.69 Å². The molecule has 13 heavy (non-hydrogen) atoms. The molecule has 0 saturated carbocycles. The van der Waals surface area contributed by atoms with Crippen LogP contribution in [0.15, 0.2) is 10.7 Å². The summed E-state index contributed by atoms with van der Waals surface area (Å²) in [6.45, 7) is 4.36. The SMILES string of the molecule is CCc1coc(CC2CCNC2)n1. The summed E-state index contributed by atoms with van der Waals surface area (Å²) in [7, 11) is 0. The van der Waals surface area contributed by atoms with Gasteiger partial charge in [0.25, 0.3) is 0 Å². The van der Waals surface area contributed by atoms with Crippen LogP contribution in [0.5, 0.6) is 0 Å². The maximum atomic E-state index is 5.38. The fourth-order valence-electron chi connectivity index (χ4n) is 1.74. The van der Waals surface area contributed by atoms with E-state index in [1.54, 1.807) is 6.26 Å². The van der Waals surface area contributed by atoms with Crippen LogP contribution in [0.4, 0.5) is 0 Å². The molecule has 0 radical (unpaired) electrons. The predicted octanol–water partition coefficient (Wildman–Crippen LogP) is 1.39. The van der Waals surface area contributed by atoms with Crippen LogP contribution in [-0.4, -0.2) is 18.1 Å². The number of hydrogen-bond donors (Lipinski definition) is 1. The van der Waals surface area contributed by atoms with E-state index in [1.807, 2.05) is 0 Å². The molecule has 1 fully saturated rings. The third-order valence-corrected chi connectivity index (χ3v) is 2.59. The summed E-state index contributed by atoms with van der Waals surface area (Å²) in [5.41, 5.74) is 1.07. The van der Waals surface area contributed by atoms with Gasteiger partial charge in [0.1, 0.15) is 6.26 Å². The smallest absolute Gasteiger partial charge is 0.194 e. The lowest BCUT2D eigenvalue weighted by molar-refractivity contribution is 0.442. The number of oxazole rings is 1. The number of rotatable bonds is 3. The van der Waals surface area contributed by atoms with E-state index in [0.717, 1.165) is 43.4 Å². The summed E-state index contributed by atoms with van der Waals surface area (Å²) >= 11 is 0. The normalized spacial score (nSPS) is 22.4. The molecule has 3 nitrogen and oxygen atoms in total. The van der Waals surface area contributed by atoms with E-state index in [9.17, 15) is 0 Å². The van der Waals surface area contributed by atoms with E-state index < -0.39 is 0 Å². The van der Waals surface area contributed by atoms with E-state index in [4.69, 9.17) is 4.42 Å². The Labute approximate surface area is 78.5 Å². The zero-order valence-corrected chi connectivity index (χ0v) is 8.05. The first-order valence-corrected chi connectivity index (χ1v) is 5.02. The molecule has 2 heterocycles. The average molecular weight is 180 g/mol. The van der Waals surface area contributed by atoms with Crippen molar-refractivity contribution in [2.75, 3.05) is 13.1 Å². The van der Waals surface area contributed by atoms with Gasteiger partial charge >= 0.3 is 0 Å². The first kappa shape index (κ1) is 8.75. The van der Waals surface area contributed by atoms with Gasteiger partial charge in [-0.2, -0.15) is 0 Å². The molecule has 1 aliphatic heterocycles. The molecule has 0 aliphatic carbocycles. The van der Waals surface area contributed by atoms with Gasteiger partial charge in [0.15, 0.2) is 5.89 Å². The molecule has 0 aromatic carbocycles. The Bertz CT molecular complexity index is 264. The Hall–Kier alpha value is -0.830. The monoisotopic (exact) mass is 180 g/mol. The molecule has 0 amide bonds. The Morgan fingerprint density at radius 1 is 1.69 bits per heavy atom. The molecule has 1 saturated heterocycles. The molecule has 1 aromatic rings. The van der Waals surface area contributed by atoms with Gasteiger partial charge in [-0.1, -0.05) is 6.92 Å². The highest BCUT2D eigenvalue weighted by Gasteiger charge is 2.17. The molecule has 1 atom stereocenters.